The van der Waals surface area contributed by atoms with E-state index < -0.39 is 0 Å². The van der Waals surface area contributed by atoms with E-state index in [9.17, 15) is 9.90 Å². The van der Waals surface area contributed by atoms with E-state index in [2.05, 4.69) is 17.0 Å². The number of fused-ring (bicyclic) bond motifs is 1. The molecule has 1 N–H and O–H groups in total. The second-order valence-electron chi connectivity index (χ2n) is 7.67. The molecule has 1 fully saturated rings. The largest absolute Gasteiger partial charge is 0.493 e. The first-order valence-electron chi connectivity index (χ1n) is 10.1. The van der Waals surface area contributed by atoms with Gasteiger partial charge in [-0.25, -0.2) is 0 Å². The molecule has 0 radical (unpaired) electrons. The van der Waals surface area contributed by atoms with Crippen LogP contribution in [-0.2, 0) is 24.4 Å². The third kappa shape index (κ3) is 4.21. The van der Waals surface area contributed by atoms with Crippen LogP contribution in [0.15, 0.2) is 48.5 Å². The molecule has 2 heterocycles. The number of piperazine rings is 1. The van der Waals surface area contributed by atoms with Gasteiger partial charge in [0, 0.05) is 38.6 Å². The molecule has 0 bridgehead atoms. The van der Waals surface area contributed by atoms with E-state index in [0.717, 1.165) is 62.4 Å². The molecular weight excluding hydrogens is 352 g/mol. The van der Waals surface area contributed by atoms with E-state index in [1.165, 1.54) is 5.56 Å². The van der Waals surface area contributed by atoms with Gasteiger partial charge in [-0.2, -0.15) is 0 Å². The number of hydrogen-bond donors (Lipinski definition) is 1. The molecule has 4 rings (SSSR count). The van der Waals surface area contributed by atoms with Crippen molar-refractivity contribution in [3.05, 3.63) is 65.2 Å². The molecule has 0 spiro atoms. The fraction of sp³-hybridized carbons (Fsp3) is 0.435. The number of carbonyl (C=O) groups is 1. The Morgan fingerprint density at radius 1 is 1.00 bits per heavy atom. The maximum Gasteiger partial charge on any atom is 0.226 e. The Morgan fingerprint density at radius 2 is 1.71 bits per heavy atom. The molecule has 2 aromatic carbocycles. The van der Waals surface area contributed by atoms with Crippen LogP contribution in [0.5, 0.6) is 5.75 Å². The predicted molar refractivity (Wildman–Crippen MR) is 108 cm³/mol. The summed E-state index contributed by atoms with van der Waals surface area (Å²) in [6.07, 6.45) is 1.54. The van der Waals surface area contributed by atoms with Crippen molar-refractivity contribution >= 4 is 5.91 Å². The summed E-state index contributed by atoms with van der Waals surface area (Å²) in [4.78, 5) is 17.5. The van der Waals surface area contributed by atoms with E-state index in [0.29, 0.717) is 6.61 Å². The van der Waals surface area contributed by atoms with Crippen LogP contribution in [-0.4, -0.2) is 53.6 Å². The summed E-state index contributed by atoms with van der Waals surface area (Å²) in [5.41, 5.74) is 3.29. The number of para-hydroxylation sites is 1. The molecule has 148 valence electrons. The molecule has 0 aliphatic carbocycles. The number of nitrogens with zero attached hydrogens (tertiary/aromatic N) is 2. The zero-order valence-corrected chi connectivity index (χ0v) is 16.2. The van der Waals surface area contributed by atoms with Crippen molar-refractivity contribution in [2.45, 2.75) is 26.0 Å². The Bertz CT molecular complexity index is 815. The van der Waals surface area contributed by atoms with Crippen molar-refractivity contribution in [3.63, 3.8) is 0 Å². The first-order chi connectivity index (χ1) is 13.7. The summed E-state index contributed by atoms with van der Waals surface area (Å²) in [7, 11) is 0. The molecule has 1 atom stereocenters. The minimum atomic E-state index is 0.00492. The fourth-order valence-electron chi connectivity index (χ4n) is 4.19. The van der Waals surface area contributed by atoms with E-state index >= 15 is 0 Å². The number of ether oxygens (including phenoxy) is 1. The quantitative estimate of drug-likeness (QED) is 0.885. The van der Waals surface area contributed by atoms with Crippen molar-refractivity contribution in [2.24, 2.45) is 5.92 Å². The third-order valence-electron chi connectivity index (χ3n) is 5.88. The Balaban J connectivity index is 1.34. The molecule has 2 aliphatic heterocycles. The number of rotatable bonds is 4. The second kappa shape index (κ2) is 8.76. The standard InChI is InChI=1S/C23H28N2O3/c26-17-21-7-2-1-6-20(21)16-24-10-12-25(13-11-24)23(27)19-9-14-28-22-8-4-3-5-18(22)15-19/h1-8,19,26H,9-17H2/t19-/m0/s1. The monoisotopic (exact) mass is 380 g/mol. The van der Waals surface area contributed by atoms with Gasteiger partial charge in [0.05, 0.1) is 13.2 Å². The number of hydrogen-bond acceptors (Lipinski definition) is 4. The highest BCUT2D eigenvalue weighted by atomic mass is 16.5. The number of carbonyl (C=O) groups excluding carboxylic acids is 1. The van der Waals surface area contributed by atoms with Gasteiger partial charge in [0.15, 0.2) is 0 Å². The lowest BCUT2D eigenvalue weighted by Gasteiger charge is -2.36. The SMILES string of the molecule is O=C([C@H]1CCOc2ccccc2C1)N1CCN(Cc2ccccc2CO)CC1. The fourth-order valence-corrected chi connectivity index (χ4v) is 4.19. The minimum Gasteiger partial charge on any atom is -0.493 e. The third-order valence-corrected chi connectivity index (χ3v) is 5.88. The Labute approximate surface area is 166 Å². The molecule has 1 amide bonds. The van der Waals surface area contributed by atoms with Crippen molar-refractivity contribution in [1.82, 2.24) is 9.80 Å². The molecule has 28 heavy (non-hydrogen) atoms. The first-order valence-corrected chi connectivity index (χ1v) is 10.1. The van der Waals surface area contributed by atoms with Crippen molar-refractivity contribution in [2.75, 3.05) is 32.8 Å². The molecule has 5 heteroatoms. The highest BCUT2D eigenvalue weighted by Crippen LogP contribution is 2.28. The highest BCUT2D eigenvalue weighted by Gasteiger charge is 2.29. The van der Waals surface area contributed by atoms with Gasteiger partial charge in [0.25, 0.3) is 0 Å². The zero-order valence-electron chi connectivity index (χ0n) is 16.2. The lowest BCUT2D eigenvalue weighted by Crippen LogP contribution is -2.50. The number of aliphatic hydroxyl groups excluding tert-OH is 1. The molecular formula is C23H28N2O3. The van der Waals surface area contributed by atoms with E-state index in [-0.39, 0.29) is 18.4 Å². The Hall–Kier alpha value is -2.37. The first kappa shape index (κ1) is 19.0. The van der Waals surface area contributed by atoms with Gasteiger partial charge in [-0.1, -0.05) is 42.5 Å². The molecule has 0 aromatic heterocycles. The average Bonchev–Trinajstić information content (AvgIpc) is 2.97. The maximum absolute atomic E-state index is 13.1. The van der Waals surface area contributed by atoms with Crippen LogP contribution in [0.3, 0.4) is 0 Å². The molecule has 5 nitrogen and oxygen atoms in total. The van der Waals surface area contributed by atoms with Crippen molar-refractivity contribution in [3.8, 4) is 5.75 Å². The number of benzene rings is 2. The van der Waals surface area contributed by atoms with E-state index in [1.54, 1.807) is 0 Å². The van der Waals surface area contributed by atoms with Crippen LogP contribution < -0.4 is 4.74 Å². The summed E-state index contributed by atoms with van der Waals surface area (Å²) in [5, 5.41) is 9.52. The van der Waals surface area contributed by atoms with Crippen LogP contribution in [0.25, 0.3) is 0 Å². The second-order valence-corrected chi connectivity index (χ2v) is 7.67. The molecule has 1 saturated heterocycles. The number of amides is 1. The lowest BCUT2D eigenvalue weighted by atomic mass is 9.95. The van der Waals surface area contributed by atoms with Gasteiger partial charge in [-0.15, -0.1) is 0 Å². The molecule has 2 aromatic rings. The minimum absolute atomic E-state index is 0.00492. The van der Waals surface area contributed by atoms with Crippen molar-refractivity contribution < 1.29 is 14.6 Å². The summed E-state index contributed by atoms with van der Waals surface area (Å²) in [5.74, 6) is 1.19. The van der Waals surface area contributed by atoms with Crippen LogP contribution in [0.2, 0.25) is 0 Å². The Kier molecular flexibility index (Phi) is 5.93. The van der Waals surface area contributed by atoms with Crippen LogP contribution in [0, 0.1) is 5.92 Å². The van der Waals surface area contributed by atoms with E-state index in [4.69, 9.17) is 4.74 Å². The molecule has 0 saturated carbocycles. The highest BCUT2D eigenvalue weighted by molar-refractivity contribution is 5.79. The number of aliphatic hydroxyl groups is 1. The van der Waals surface area contributed by atoms with Gasteiger partial charge in [0.1, 0.15) is 5.75 Å². The predicted octanol–water partition coefficient (Wildman–Crippen LogP) is 2.46. The van der Waals surface area contributed by atoms with Crippen LogP contribution >= 0.6 is 0 Å². The van der Waals surface area contributed by atoms with Gasteiger partial charge < -0.3 is 14.7 Å². The molecule has 0 unspecified atom stereocenters. The lowest BCUT2D eigenvalue weighted by molar-refractivity contribution is -0.137. The zero-order chi connectivity index (χ0) is 19.3. The normalized spacial score (nSPS) is 20.2. The summed E-state index contributed by atoms with van der Waals surface area (Å²) < 4.78 is 5.82. The summed E-state index contributed by atoms with van der Waals surface area (Å²) in [6.45, 7) is 4.75. The average molecular weight is 380 g/mol. The molecule has 2 aliphatic rings. The van der Waals surface area contributed by atoms with Gasteiger partial charge in [0.2, 0.25) is 5.91 Å². The van der Waals surface area contributed by atoms with E-state index in [1.807, 2.05) is 41.3 Å². The van der Waals surface area contributed by atoms with Crippen molar-refractivity contribution in [1.29, 1.82) is 0 Å². The summed E-state index contributed by atoms with van der Waals surface area (Å²) in [6, 6.07) is 16.1. The van der Waals surface area contributed by atoms with Crippen LogP contribution in [0.4, 0.5) is 0 Å². The van der Waals surface area contributed by atoms with Gasteiger partial charge in [-0.05, 0) is 35.6 Å². The topological polar surface area (TPSA) is 53.0 Å². The Morgan fingerprint density at radius 3 is 2.50 bits per heavy atom. The maximum atomic E-state index is 13.1. The summed E-state index contributed by atoms with van der Waals surface area (Å²) >= 11 is 0. The smallest absolute Gasteiger partial charge is 0.226 e. The van der Waals surface area contributed by atoms with Gasteiger partial charge >= 0.3 is 0 Å². The van der Waals surface area contributed by atoms with Crippen LogP contribution in [0.1, 0.15) is 23.1 Å². The van der Waals surface area contributed by atoms with Gasteiger partial charge in [-0.3, -0.25) is 9.69 Å².